The van der Waals surface area contributed by atoms with Gasteiger partial charge in [-0.25, -0.2) is 8.42 Å². The van der Waals surface area contributed by atoms with Gasteiger partial charge < -0.3 is 14.2 Å². The third-order valence-corrected chi connectivity index (χ3v) is 5.70. The van der Waals surface area contributed by atoms with Crippen molar-refractivity contribution >= 4 is 27.3 Å². The molecular weight excluding hydrogens is 414 g/mol. The average molecular weight is 434 g/mol. The van der Waals surface area contributed by atoms with Gasteiger partial charge in [-0.15, -0.1) is 0 Å². The predicted molar refractivity (Wildman–Crippen MR) is 113 cm³/mol. The zero-order valence-electron chi connectivity index (χ0n) is 16.1. The lowest BCUT2D eigenvalue weighted by Gasteiger charge is -2.15. The van der Waals surface area contributed by atoms with Crippen LogP contribution >= 0.6 is 11.6 Å². The van der Waals surface area contributed by atoms with Crippen LogP contribution in [0.3, 0.4) is 0 Å². The zero-order chi connectivity index (χ0) is 21.0. The number of ether oxygens (including phenoxy) is 3. The van der Waals surface area contributed by atoms with Crippen molar-refractivity contribution in [2.45, 2.75) is 11.8 Å². The first-order valence-electron chi connectivity index (χ1n) is 8.61. The summed E-state index contributed by atoms with van der Waals surface area (Å²) >= 11 is 6.08. The summed E-state index contributed by atoms with van der Waals surface area (Å²) in [5.74, 6) is 1.63. The molecule has 0 aromatic heterocycles. The molecule has 6 nitrogen and oxygen atoms in total. The fraction of sp³-hybridized carbons (Fsp3) is 0.143. The highest BCUT2D eigenvalue weighted by molar-refractivity contribution is 7.92. The summed E-state index contributed by atoms with van der Waals surface area (Å²) in [7, 11) is -1.02. The summed E-state index contributed by atoms with van der Waals surface area (Å²) in [6.07, 6.45) is 0. The molecule has 0 radical (unpaired) electrons. The van der Waals surface area contributed by atoms with Crippen LogP contribution in [0.2, 0.25) is 5.02 Å². The van der Waals surface area contributed by atoms with E-state index in [9.17, 15) is 8.42 Å². The second kappa shape index (κ2) is 8.63. The molecule has 0 aliphatic carbocycles. The van der Waals surface area contributed by atoms with Crippen molar-refractivity contribution in [2.75, 3.05) is 18.9 Å². The van der Waals surface area contributed by atoms with Gasteiger partial charge in [0, 0.05) is 11.1 Å². The van der Waals surface area contributed by atoms with Crippen LogP contribution in [0.5, 0.6) is 23.0 Å². The van der Waals surface area contributed by atoms with Crippen LogP contribution in [0, 0.1) is 6.92 Å². The number of benzene rings is 3. The average Bonchev–Trinajstić information content (AvgIpc) is 2.70. The Morgan fingerprint density at radius 2 is 1.48 bits per heavy atom. The van der Waals surface area contributed by atoms with Crippen LogP contribution in [0.15, 0.2) is 65.6 Å². The molecule has 0 spiro atoms. The smallest absolute Gasteiger partial charge is 0.262 e. The summed E-state index contributed by atoms with van der Waals surface area (Å²) in [5.41, 5.74) is 1.30. The molecule has 0 fully saturated rings. The SMILES string of the molecule is COc1ccc(S(=O)(=O)Nc2cc(Cl)ccc2Oc2ccc(C)cc2)cc1OC. The Morgan fingerprint density at radius 3 is 2.14 bits per heavy atom. The Hall–Kier alpha value is -2.90. The molecule has 0 unspecified atom stereocenters. The maximum absolute atomic E-state index is 12.9. The number of nitrogens with one attached hydrogen (secondary N) is 1. The molecule has 0 aliphatic rings. The topological polar surface area (TPSA) is 73.9 Å². The van der Waals surface area contributed by atoms with E-state index in [4.69, 9.17) is 25.8 Å². The van der Waals surface area contributed by atoms with E-state index in [1.807, 2.05) is 19.1 Å². The molecule has 0 amide bonds. The minimum Gasteiger partial charge on any atom is -0.493 e. The molecule has 1 N–H and O–H groups in total. The van der Waals surface area contributed by atoms with Crippen molar-refractivity contribution in [2.24, 2.45) is 0 Å². The van der Waals surface area contributed by atoms with Gasteiger partial charge in [0.25, 0.3) is 10.0 Å². The second-order valence-corrected chi connectivity index (χ2v) is 8.30. The molecule has 0 atom stereocenters. The maximum Gasteiger partial charge on any atom is 0.262 e. The van der Waals surface area contributed by atoms with Crippen LogP contribution in [-0.2, 0) is 10.0 Å². The van der Waals surface area contributed by atoms with E-state index in [1.165, 1.54) is 38.5 Å². The lowest BCUT2D eigenvalue weighted by atomic mass is 10.2. The number of rotatable bonds is 7. The highest BCUT2D eigenvalue weighted by Crippen LogP contribution is 2.35. The van der Waals surface area contributed by atoms with Gasteiger partial charge in [-0.1, -0.05) is 29.3 Å². The van der Waals surface area contributed by atoms with Crippen molar-refractivity contribution < 1.29 is 22.6 Å². The van der Waals surface area contributed by atoms with E-state index in [1.54, 1.807) is 24.3 Å². The highest BCUT2D eigenvalue weighted by atomic mass is 35.5. The summed E-state index contributed by atoms with van der Waals surface area (Å²) < 4.78 is 44.6. The maximum atomic E-state index is 12.9. The molecule has 29 heavy (non-hydrogen) atoms. The quantitative estimate of drug-likeness (QED) is 0.550. The standard InChI is InChI=1S/C21H20ClNO5S/c1-14-4-7-16(8-5-14)28-19-10-6-15(22)12-18(19)23-29(24,25)17-9-11-20(26-2)21(13-17)27-3/h4-13,23H,1-3H3. The molecule has 8 heteroatoms. The van der Waals surface area contributed by atoms with Gasteiger partial charge in [0.1, 0.15) is 5.75 Å². The molecule has 0 saturated carbocycles. The molecule has 3 aromatic rings. The normalized spacial score (nSPS) is 11.0. The molecule has 152 valence electrons. The van der Waals surface area contributed by atoms with Gasteiger partial charge in [-0.05, 0) is 49.4 Å². The molecule has 0 aliphatic heterocycles. The Balaban J connectivity index is 1.94. The Kier molecular flexibility index (Phi) is 6.20. The predicted octanol–water partition coefficient (Wildman–Crippen LogP) is 5.26. The summed E-state index contributed by atoms with van der Waals surface area (Å²) in [5, 5.41) is 0.367. The first kappa shape index (κ1) is 20.8. The fourth-order valence-corrected chi connectivity index (χ4v) is 3.84. The van der Waals surface area contributed by atoms with Gasteiger partial charge in [0.15, 0.2) is 17.2 Å². The van der Waals surface area contributed by atoms with Crippen LogP contribution in [0.4, 0.5) is 5.69 Å². The van der Waals surface area contributed by atoms with E-state index >= 15 is 0 Å². The van der Waals surface area contributed by atoms with Gasteiger partial charge in [-0.3, -0.25) is 4.72 Å². The van der Waals surface area contributed by atoms with E-state index in [-0.39, 0.29) is 10.6 Å². The van der Waals surface area contributed by atoms with Crippen LogP contribution in [0.1, 0.15) is 5.56 Å². The zero-order valence-corrected chi connectivity index (χ0v) is 17.7. The van der Waals surface area contributed by atoms with E-state index in [0.717, 1.165) is 5.56 Å². The minimum atomic E-state index is -3.93. The Bertz CT molecular complexity index is 1110. The minimum absolute atomic E-state index is 0.0106. The third-order valence-electron chi connectivity index (χ3n) is 4.10. The van der Waals surface area contributed by atoms with Crippen molar-refractivity contribution in [3.63, 3.8) is 0 Å². The molecule has 0 heterocycles. The number of hydrogen-bond donors (Lipinski definition) is 1. The van der Waals surface area contributed by atoms with Gasteiger partial charge in [0.05, 0.1) is 24.8 Å². The number of anilines is 1. The molecule has 0 saturated heterocycles. The van der Waals surface area contributed by atoms with Gasteiger partial charge in [0.2, 0.25) is 0 Å². The van der Waals surface area contributed by atoms with E-state index < -0.39 is 10.0 Å². The monoisotopic (exact) mass is 433 g/mol. The highest BCUT2D eigenvalue weighted by Gasteiger charge is 2.20. The number of aryl methyl sites for hydroxylation is 1. The number of sulfonamides is 1. The number of methoxy groups -OCH3 is 2. The lowest BCUT2D eigenvalue weighted by molar-refractivity contribution is 0.354. The van der Waals surface area contributed by atoms with Crippen LogP contribution in [0.25, 0.3) is 0 Å². The van der Waals surface area contributed by atoms with Crippen molar-refractivity contribution in [3.05, 3.63) is 71.2 Å². The fourth-order valence-electron chi connectivity index (χ4n) is 2.59. The number of hydrogen-bond acceptors (Lipinski definition) is 5. The summed E-state index contributed by atoms with van der Waals surface area (Å²) in [6.45, 7) is 1.97. The van der Waals surface area contributed by atoms with Crippen molar-refractivity contribution in [3.8, 4) is 23.0 Å². The first-order chi connectivity index (χ1) is 13.8. The molecule has 0 bridgehead atoms. The van der Waals surface area contributed by atoms with Gasteiger partial charge in [-0.2, -0.15) is 0 Å². The summed E-state index contributed by atoms with van der Waals surface area (Å²) in [4.78, 5) is 0.0106. The van der Waals surface area contributed by atoms with Crippen LogP contribution < -0.4 is 18.9 Å². The number of halogens is 1. The molecule has 3 aromatic carbocycles. The van der Waals surface area contributed by atoms with E-state index in [0.29, 0.717) is 28.0 Å². The first-order valence-corrected chi connectivity index (χ1v) is 10.5. The third kappa shape index (κ3) is 4.93. The Labute approximate surface area is 175 Å². The van der Waals surface area contributed by atoms with Crippen molar-refractivity contribution in [1.82, 2.24) is 0 Å². The van der Waals surface area contributed by atoms with Crippen LogP contribution in [-0.4, -0.2) is 22.6 Å². The lowest BCUT2D eigenvalue weighted by Crippen LogP contribution is -2.14. The largest absolute Gasteiger partial charge is 0.493 e. The molecule has 3 rings (SSSR count). The van der Waals surface area contributed by atoms with Crippen molar-refractivity contribution in [1.29, 1.82) is 0 Å². The molecular formula is C21H20ClNO5S. The summed E-state index contributed by atoms with van der Waals surface area (Å²) in [6, 6.07) is 16.5. The van der Waals surface area contributed by atoms with E-state index in [2.05, 4.69) is 4.72 Å². The Morgan fingerprint density at radius 1 is 0.828 bits per heavy atom. The second-order valence-electron chi connectivity index (χ2n) is 6.18. The van der Waals surface area contributed by atoms with Gasteiger partial charge >= 0.3 is 0 Å².